The number of esters is 1. The second kappa shape index (κ2) is 51.2. The Bertz CT molecular complexity index is 6400. The Hall–Kier alpha value is -13.7. The molecular weight excluding hydrogens is 2070 g/mol. The third-order valence-corrected chi connectivity index (χ3v) is 29.4. The number of nitrogens with zero attached hydrogens (tertiary/aromatic N) is 20. The molecule has 44 nitrogen and oxygen atoms in total. The van der Waals surface area contributed by atoms with Gasteiger partial charge in [0.05, 0.1) is 141 Å². The summed E-state index contributed by atoms with van der Waals surface area (Å²) in [6.45, 7) is 28.0. The molecule has 11 aromatic rings. The zero-order valence-corrected chi connectivity index (χ0v) is 91.8. The number of methoxy groups -OCH3 is 1. The topological polar surface area (TPSA) is 518 Å². The summed E-state index contributed by atoms with van der Waals surface area (Å²) in [7, 11) is 9.96. The summed E-state index contributed by atoms with van der Waals surface area (Å²) >= 11 is 6.70. The average Bonchev–Trinajstić information content (AvgIpc) is 1.61. The second-order valence-electron chi connectivity index (χ2n) is 39.2. The summed E-state index contributed by atoms with van der Waals surface area (Å²) in [6, 6.07) is 9.79. The van der Waals surface area contributed by atoms with Gasteiger partial charge in [-0.3, -0.25) is 19.6 Å². The molecule has 5 saturated carbocycles. The molecule has 6 fully saturated rings. The largest absolute Gasteiger partial charge is 0.514 e. The van der Waals surface area contributed by atoms with E-state index in [1.807, 2.05) is 88.3 Å². The van der Waals surface area contributed by atoms with E-state index in [4.69, 9.17) is 75.0 Å². The molecule has 1 aromatic carbocycles. The minimum atomic E-state index is -0.978. The van der Waals surface area contributed by atoms with Crippen molar-refractivity contribution in [2.75, 3.05) is 35.3 Å². The van der Waals surface area contributed by atoms with Crippen molar-refractivity contribution in [3.8, 4) is 80.7 Å². The maximum absolute atomic E-state index is 12.7. The molecule has 0 unspecified atom stereocenters. The number of aromatic hydroxyl groups is 1. The van der Waals surface area contributed by atoms with Gasteiger partial charge in [0.2, 0.25) is 28.9 Å². The first-order valence-corrected chi connectivity index (χ1v) is 51.7. The smallest absolute Gasteiger partial charge is 0.504 e. The van der Waals surface area contributed by atoms with Crippen LogP contribution in [-0.2, 0) is 82.6 Å². The SMILES string of the molecule is COc1nn(C)c(COC(=O)N(C)C2CCCC2)c1-c1ccc(O[C@H]2CCC[C@H](C(=O)OC(C)C)C2)c(C)n1.Cc1nc(-c2onc(C)c2COC(=O)N(C)C2CCCC2)ncc1B1OC(C)(C)C(C)(C)O1.Cc1nc(-c2onc(C)c2COC(=O)N(C)C2CCCC2)ncc1Br.Cc1nc(-c2onc(C)c2COC(=O)N(C)C2CCCC2)ncc1O.Cc1nc(-c2onc(C)c2COC(=O)Oc2ccc([N+](=O)[O-])cc2)ncc1Br. The lowest BCUT2D eigenvalue weighted by molar-refractivity contribution is -0.384. The minimum absolute atomic E-state index is 0.00570. The van der Waals surface area contributed by atoms with Crippen LogP contribution in [0.2, 0.25) is 0 Å². The number of hydrogen-bond acceptors (Lipinski definition) is 38. The lowest BCUT2D eigenvalue weighted by Gasteiger charge is -2.32. The summed E-state index contributed by atoms with van der Waals surface area (Å²) in [5.74, 6) is 3.80. The van der Waals surface area contributed by atoms with Crippen molar-refractivity contribution in [1.29, 1.82) is 0 Å². The Morgan fingerprint density at radius 3 is 1.26 bits per heavy atom. The number of pyridine rings is 1. The van der Waals surface area contributed by atoms with Gasteiger partial charge in [0.1, 0.15) is 44.5 Å². The van der Waals surface area contributed by atoms with E-state index >= 15 is 0 Å². The Kier molecular flexibility index (Phi) is 38.7. The predicted octanol–water partition coefficient (Wildman–Crippen LogP) is 19.9. The molecule has 0 spiro atoms. The van der Waals surface area contributed by atoms with E-state index in [0.717, 1.165) is 148 Å². The number of amides is 4. The highest BCUT2D eigenvalue weighted by Gasteiger charge is 2.53. The number of nitro groups is 1. The molecule has 47 heteroatoms. The fourth-order valence-corrected chi connectivity index (χ4v) is 18.3. The van der Waals surface area contributed by atoms with Crippen LogP contribution in [0.25, 0.3) is 57.6 Å². The average molecular weight is 2200 g/mol. The van der Waals surface area contributed by atoms with Crippen LogP contribution in [-0.4, -0.2) is 231 Å². The van der Waals surface area contributed by atoms with Crippen LogP contribution in [0.4, 0.5) is 29.7 Å². The van der Waals surface area contributed by atoms with E-state index in [1.165, 1.54) is 30.5 Å². The van der Waals surface area contributed by atoms with Crippen molar-refractivity contribution < 1.29 is 109 Å². The first-order chi connectivity index (χ1) is 71.5. The third kappa shape index (κ3) is 28.5. The Morgan fingerprint density at radius 1 is 0.493 bits per heavy atom. The van der Waals surface area contributed by atoms with Gasteiger partial charge in [-0.05, 0) is 237 Å². The fourth-order valence-electron chi connectivity index (χ4n) is 17.9. The number of aryl methyl sites for hydroxylation is 10. The quantitative estimate of drug-likeness (QED) is 0.0125. The molecule has 804 valence electrons. The van der Waals surface area contributed by atoms with Crippen LogP contribution in [0.15, 0.2) is 88.2 Å². The molecule has 5 aliphatic carbocycles. The van der Waals surface area contributed by atoms with Gasteiger partial charge in [0, 0.05) is 101 Å². The van der Waals surface area contributed by atoms with Gasteiger partial charge in [0.15, 0.2) is 29.0 Å². The number of rotatable bonds is 27. The third-order valence-electron chi connectivity index (χ3n) is 27.9. The highest BCUT2D eigenvalue weighted by Crippen LogP contribution is 2.41. The number of halogens is 2. The van der Waals surface area contributed by atoms with E-state index in [0.29, 0.717) is 138 Å². The number of benzene rings is 1. The molecule has 17 rings (SSSR count). The number of ether oxygens (including phenoxy) is 9. The molecule has 1 saturated heterocycles. The predicted molar refractivity (Wildman–Crippen MR) is 551 cm³/mol. The van der Waals surface area contributed by atoms with Crippen LogP contribution in [0, 0.1) is 78.3 Å². The number of nitro benzene ring substituents is 1. The van der Waals surface area contributed by atoms with Crippen LogP contribution in [0.3, 0.4) is 0 Å². The molecule has 2 atom stereocenters. The summed E-state index contributed by atoms with van der Waals surface area (Å²) in [5.41, 5.74) is 10.1. The number of hydrogen-bond donors (Lipinski definition) is 1. The maximum Gasteiger partial charge on any atom is 0.514 e. The monoisotopic (exact) mass is 2200 g/mol. The van der Waals surface area contributed by atoms with Crippen molar-refractivity contribution in [2.45, 2.75) is 313 Å². The van der Waals surface area contributed by atoms with E-state index in [9.17, 15) is 44.0 Å². The van der Waals surface area contributed by atoms with Crippen LogP contribution >= 0.6 is 31.9 Å². The van der Waals surface area contributed by atoms with E-state index in [-0.39, 0.29) is 129 Å². The van der Waals surface area contributed by atoms with Crippen LogP contribution < -0.4 is 19.7 Å². The number of carbonyl (C=O) groups is 6. The molecule has 1 N–H and O–H groups in total. The lowest BCUT2D eigenvalue weighted by atomic mass is 9.79. The van der Waals surface area contributed by atoms with Gasteiger partial charge in [-0.25, -0.2) is 68.8 Å². The van der Waals surface area contributed by atoms with Gasteiger partial charge in [-0.2, -0.15) is 0 Å². The van der Waals surface area contributed by atoms with Gasteiger partial charge in [-0.15, -0.1) is 5.10 Å². The summed E-state index contributed by atoms with van der Waals surface area (Å²) in [5, 5.41) is 40.5. The zero-order chi connectivity index (χ0) is 108. The fraction of sp³-hybridized carbons (Fsp3) is 0.534. The van der Waals surface area contributed by atoms with Crippen LogP contribution in [0.5, 0.6) is 23.1 Å². The summed E-state index contributed by atoms with van der Waals surface area (Å²) in [6.07, 6.45) is 24.3. The van der Waals surface area contributed by atoms with E-state index in [2.05, 4.69) is 97.5 Å². The molecule has 10 aromatic heterocycles. The molecule has 0 bridgehead atoms. The number of carbonyl (C=O) groups excluding carboxylic acids is 6. The van der Waals surface area contributed by atoms with Crippen molar-refractivity contribution >= 4 is 86.6 Å². The first kappa shape index (κ1) is 113. The molecule has 150 heavy (non-hydrogen) atoms. The molecule has 1 aliphatic heterocycles. The molecule has 4 amide bonds. The summed E-state index contributed by atoms with van der Waals surface area (Å²) < 4.78 is 86.5. The number of aromatic nitrogens is 15. The molecule has 11 heterocycles. The Balaban J connectivity index is 0.000000158. The van der Waals surface area contributed by atoms with Crippen LogP contribution in [0.1, 0.15) is 249 Å². The van der Waals surface area contributed by atoms with E-state index in [1.54, 1.807) is 113 Å². The van der Waals surface area contributed by atoms with E-state index < -0.39 is 29.4 Å². The van der Waals surface area contributed by atoms with Gasteiger partial charge < -0.3 is 94.7 Å². The zero-order valence-electron chi connectivity index (χ0n) is 88.6. The number of non-ortho nitro benzene ring substituents is 1. The maximum atomic E-state index is 12.7. The standard InChI is InChI=1S/C29H42N4O6.C23H33BN4O5.C17H13BrN4O6.C17H21BrN4O3.C17H22N4O4/c1-18(2)38-28(34)20-10-9-13-22(16-20)39-25-15-14-23(30-19(25)3)26-24(33(5)31-27(26)36-6)17-37-29(35)32(4)21-11-7-8-12-21;1-14-17(13-30-21(29)28(7)16-10-8-9-11-16)19(31-27-14)20-25-12-18(15(2)26-20)24-32-22(3,4)23(5,6)33-24;1-9-13(15(28-21-9)16-19-7-14(18)10(2)20-16)8-26-17(23)27-12-5-3-11(4-6-12)22(24)25;1-10-13(9-24-17(23)22(3)12-6-4-5-7-12)15(25-21-10)16-19-8-14(18)11(2)20-16;1-10-13(9-24-17(23)21(3)12-6-4-5-7-12)15(25-20-10)16-18-8-14(22)11(2)19-16/h14-15,18,20-22H,7-13,16-17H2,1-6H3;12,16H,8-11,13H2,1-7H3;3-7H,8H2,1-2H3;8,12H,4-7,9H2,1-3H3;8,12,22H,4-7,9H2,1-3H3/t20-,22-;;;;/m0..../s1. The van der Waals surface area contributed by atoms with Gasteiger partial charge in [0.25, 0.3) is 5.69 Å². The first-order valence-electron chi connectivity index (χ1n) is 50.1. The molecule has 6 aliphatic rings. The van der Waals surface area contributed by atoms with Crippen molar-refractivity contribution in [2.24, 2.45) is 13.0 Å². The molecular formula is C103H131BBr2N20O24. The van der Waals surface area contributed by atoms with Gasteiger partial charge in [-0.1, -0.05) is 72.0 Å². The Labute approximate surface area is 886 Å². The second-order valence-corrected chi connectivity index (χ2v) is 40.9. The molecule has 0 radical (unpaired) electrons. The van der Waals surface area contributed by atoms with Crippen molar-refractivity contribution in [3.63, 3.8) is 0 Å². The van der Waals surface area contributed by atoms with Crippen molar-refractivity contribution in [1.82, 2.24) is 94.9 Å². The minimum Gasteiger partial charge on any atom is -0.504 e. The summed E-state index contributed by atoms with van der Waals surface area (Å²) in [4.78, 5) is 130. The highest BCUT2D eigenvalue weighted by molar-refractivity contribution is 9.10. The van der Waals surface area contributed by atoms with Crippen molar-refractivity contribution in [3.05, 3.63) is 159 Å². The lowest BCUT2D eigenvalue weighted by Crippen LogP contribution is -2.41. The Morgan fingerprint density at radius 2 is 0.880 bits per heavy atom. The highest BCUT2D eigenvalue weighted by atomic mass is 79.9. The normalized spacial score (nSPS) is 16.3. The van der Waals surface area contributed by atoms with Gasteiger partial charge >= 0.3 is 43.6 Å².